The molecule has 0 bridgehead atoms. The smallest absolute Gasteiger partial charge is 0.232 e. The highest BCUT2D eigenvalue weighted by molar-refractivity contribution is 7.92. The van der Waals surface area contributed by atoms with Crippen molar-refractivity contribution in [1.82, 2.24) is 5.32 Å². The zero-order chi connectivity index (χ0) is 22.3. The third-order valence-electron chi connectivity index (χ3n) is 4.54. The van der Waals surface area contributed by atoms with Gasteiger partial charge in [-0.15, -0.1) is 0 Å². The van der Waals surface area contributed by atoms with Crippen LogP contribution in [0.25, 0.3) is 0 Å². The minimum Gasteiger partial charge on any atom is -0.497 e. The number of nitrogens with zero attached hydrogens (tertiary/aromatic N) is 1. The lowest BCUT2D eigenvalue weighted by molar-refractivity contribution is -0.121. The van der Waals surface area contributed by atoms with Crippen LogP contribution in [0, 0.1) is 0 Å². The normalized spacial score (nSPS) is 12.2. The first kappa shape index (κ1) is 23.8. The highest BCUT2D eigenvalue weighted by Crippen LogP contribution is 2.29. The summed E-state index contributed by atoms with van der Waals surface area (Å²) >= 11 is 5.98. The third-order valence-corrected chi connectivity index (χ3v) is 5.97. The molecule has 1 N–H and O–H groups in total. The average Bonchev–Trinajstić information content (AvgIpc) is 2.69. The van der Waals surface area contributed by atoms with Crippen molar-refractivity contribution in [2.24, 2.45) is 0 Å². The molecule has 0 fully saturated rings. The Hall–Kier alpha value is -2.45. The zero-order valence-corrected chi connectivity index (χ0v) is 19.1. The Kier molecular flexibility index (Phi) is 8.37. The first-order chi connectivity index (χ1) is 14.2. The molecule has 2 aromatic carbocycles. The van der Waals surface area contributed by atoms with E-state index in [0.29, 0.717) is 28.6 Å². The van der Waals surface area contributed by atoms with E-state index in [1.54, 1.807) is 50.6 Å². The molecule has 1 unspecified atom stereocenters. The molecule has 0 saturated heterocycles. The molecule has 0 aliphatic carbocycles. The minimum absolute atomic E-state index is 0.170. The second kappa shape index (κ2) is 10.5. The molecular weight excluding hydrogens is 428 g/mol. The maximum absolute atomic E-state index is 12.4. The monoisotopic (exact) mass is 454 g/mol. The van der Waals surface area contributed by atoms with Gasteiger partial charge in [-0.1, -0.05) is 17.7 Å². The van der Waals surface area contributed by atoms with Gasteiger partial charge in [-0.3, -0.25) is 9.10 Å². The van der Waals surface area contributed by atoms with Gasteiger partial charge in [-0.05, 0) is 49.7 Å². The summed E-state index contributed by atoms with van der Waals surface area (Å²) in [6.07, 6.45) is 1.65. The van der Waals surface area contributed by atoms with Gasteiger partial charge in [0.05, 0.1) is 32.2 Å². The lowest BCUT2D eigenvalue weighted by Gasteiger charge is -2.23. The number of carbonyl (C=O) groups is 1. The van der Waals surface area contributed by atoms with Crippen molar-refractivity contribution in [2.45, 2.75) is 25.8 Å². The Morgan fingerprint density at radius 2 is 1.90 bits per heavy atom. The van der Waals surface area contributed by atoms with E-state index in [9.17, 15) is 13.2 Å². The Balaban J connectivity index is 2.00. The van der Waals surface area contributed by atoms with Crippen LogP contribution in [0.2, 0.25) is 5.02 Å². The Labute approximate surface area is 183 Å². The van der Waals surface area contributed by atoms with E-state index in [-0.39, 0.29) is 24.9 Å². The van der Waals surface area contributed by atoms with E-state index < -0.39 is 10.0 Å². The van der Waals surface area contributed by atoms with E-state index in [1.165, 1.54) is 4.31 Å². The fraction of sp³-hybridized carbons (Fsp3) is 0.381. The largest absolute Gasteiger partial charge is 0.497 e. The van der Waals surface area contributed by atoms with Gasteiger partial charge in [0.15, 0.2) is 0 Å². The SMILES string of the molecule is COc1ccc(OC)c(C(C)NC(=O)CCCN(c2cccc(Cl)c2)S(C)(=O)=O)c1. The van der Waals surface area contributed by atoms with E-state index in [0.717, 1.165) is 11.8 Å². The molecule has 30 heavy (non-hydrogen) atoms. The van der Waals surface area contributed by atoms with Gasteiger partial charge < -0.3 is 14.8 Å². The fourth-order valence-corrected chi connectivity index (χ4v) is 4.21. The summed E-state index contributed by atoms with van der Waals surface area (Å²) in [5.74, 6) is 1.12. The molecule has 1 amide bonds. The summed E-state index contributed by atoms with van der Waals surface area (Å²) in [7, 11) is -0.366. The van der Waals surface area contributed by atoms with Gasteiger partial charge in [0.25, 0.3) is 0 Å². The summed E-state index contributed by atoms with van der Waals surface area (Å²) in [5.41, 5.74) is 1.27. The number of halogens is 1. The van der Waals surface area contributed by atoms with Crippen molar-refractivity contribution in [3.05, 3.63) is 53.1 Å². The van der Waals surface area contributed by atoms with Crippen molar-refractivity contribution < 1.29 is 22.7 Å². The van der Waals surface area contributed by atoms with Crippen molar-refractivity contribution in [3.8, 4) is 11.5 Å². The van der Waals surface area contributed by atoms with Crippen LogP contribution in [0.5, 0.6) is 11.5 Å². The molecule has 0 spiro atoms. The predicted molar refractivity (Wildman–Crippen MR) is 119 cm³/mol. The Bertz CT molecular complexity index is 981. The second-order valence-corrected chi connectivity index (χ2v) is 9.16. The number of nitrogens with one attached hydrogen (secondary N) is 1. The van der Waals surface area contributed by atoms with Crippen LogP contribution < -0.4 is 19.1 Å². The van der Waals surface area contributed by atoms with Gasteiger partial charge in [0.1, 0.15) is 11.5 Å². The molecule has 9 heteroatoms. The molecule has 0 aliphatic heterocycles. The third kappa shape index (κ3) is 6.53. The maximum atomic E-state index is 12.4. The van der Waals surface area contributed by atoms with Crippen molar-refractivity contribution in [1.29, 1.82) is 0 Å². The average molecular weight is 455 g/mol. The number of anilines is 1. The van der Waals surface area contributed by atoms with Gasteiger partial charge in [-0.2, -0.15) is 0 Å². The quantitative estimate of drug-likeness (QED) is 0.590. The molecule has 164 valence electrons. The highest BCUT2D eigenvalue weighted by atomic mass is 35.5. The molecular formula is C21H27ClN2O5S. The molecule has 0 aliphatic rings. The van der Waals surface area contributed by atoms with E-state index in [4.69, 9.17) is 21.1 Å². The van der Waals surface area contributed by atoms with Gasteiger partial charge in [0, 0.05) is 23.6 Å². The van der Waals surface area contributed by atoms with Gasteiger partial charge in [-0.25, -0.2) is 8.42 Å². The molecule has 0 radical (unpaired) electrons. The second-order valence-electron chi connectivity index (χ2n) is 6.82. The minimum atomic E-state index is -3.50. The van der Waals surface area contributed by atoms with E-state index >= 15 is 0 Å². The van der Waals surface area contributed by atoms with Crippen LogP contribution in [0.4, 0.5) is 5.69 Å². The lowest BCUT2D eigenvalue weighted by Crippen LogP contribution is -2.32. The van der Waals surface area contributed by atoms with Gasteiger partial charge >= 0.3 is 0 Å². The van der Waals surface area contributed by atoms with Crippen molar-refractivity contribution in [2.75, 3.05) is 31.3 Å². The maximum Gasteiger partial charge on any atom is 0.232 e. The molecule has 0 saturated carbocycles. The molecule has 0 aromatic heterocycles. The molecule has 0 heterocycles. The predicted octanol–water partition coefficient (Wildman–Crippen LogP) is 3.78. The molecule has 2 rings (SSSR count). The number of ether oxygens (including phenoxy) is 2. The summed E-state index contributed by atoms with van der Waals surface area (Å²) in [6.45, 7) is 2.02. The topological polar surface area (TPSA) is 84.9 Å². The summed E-state index contributed by atoms with van der Waals surface area (Å²) in [5, 5.41) is 3.36. The number of amides is 1. The number of rotatable bonds is 10. The summed E-state index contributed by atoms with van der Waals surface area (Å²) in [4.78, 5) is 12.4. The van der Waals surface area contributed by atoms with Crippen LogP contribution in [0.1, 0.15) is 31.4 Å². The van der Waals surface area contributed by atoms with Crippen LogP contribution in [0.3, 0.4) is 0 Å². The fourth-order valence-electron chi connectivity index (χ4n) is 3.07. The van der Waals surface area contributed by atoms with Crippen LogP contribution >= 0.6 is 11.6 Å². The Morgan fingerprint density at radius 1 is 1.17 bits per heavy atom. The van der Waals surface area contributed by atoms with Crippen molar-refractivity contribution in [3.63, 3.8) is 0 Å². The van der Waals surface area contributed by atoms with Crippen LogP contribution in [0.15, 0.2) is 42.5 Å². The summed E-state index contributed by atoms with van der Waals surface area (Å²) in [6, 6.07) is 11.7. The number of benzene rings is 2. The standard InChI is InChI=1S/C21H27ClN2O5S/c1-15(19-14-18(28-2)10-11-20(19)29-3)23-21(25)9-6-12-24(30(4,26)27)17-8-5-7-16(22)13-17/h5,7-8,10-11,13-15H,6,9,12H2,1-4H3,(H,23,25). The Morgan fingerprint density at radius 3 is 2.50 bits per heavy atom. The first-order valence-corrected chi connectivity index (χ1v) is 11.6. The van der Waals surface area contributed by atoms with Crippen molar-refractivity contribution >= 4 is 33.2 Å². The number of hydrogen-bond donors (Lipinski definition) is 1. The summed E-state index contributed by atoms with van der Waals surface area (Å²) < 4.78 is 36.2. The number of carbonyl (C=O) groups excluding carboxylic acids is 1. The van der Waals surface area contributed by atoms with Gasteiger partial charge in [0.2, 0.25) is 15.9 Å². The van der Waals surface area contributed by atoms with Crippen LogP contribution in [-0.2, 0) is 14.8 Å². The number of hydrogen-bond acceptors (Lipinski definition) is 5. The number of methoxy groups -OCH3 is 2. The van der Waals surface area contributed by atoms with Crippen LogP contribution in [-0.4, -0.2) is 41.3 Å². The molecule has 2 aromatic rings. The zero-order valence-electron chi connectivity index (χ0n) is 17.5. The van der Waals surface area contributed by atoms with E-state index in [1.807, 2.05) is 13.0 Å². The lowest BCUT2D eigenvalue weighted by atomic mass is 10.1. The van der Waals surface area contributed by atoms with E-state index in [2.05, 4.69) is 5.32 Å². The molecule has 1 atom stereocenters. The molecule has 7 nitrogen and oxygen atoms in total. The number of sulfonamides is 1. The first-order valence-electron chi connectivity index (χ1n) is 9.40. The highest BCUT2D eigenvalue weighted by Gasteiger charge is 2.19.